The van der Waals surface area contributed by atoms with Crippen LogP contribution in [0.25, 0.3) is 0 Å². The standard InChI is InChI=1S/C25H33N3O6S/c1-5-12-26-25(30)19(3)27(16-20-8-6-18(2)7-9-20)24(29)17-28(35(4,31)32)21-10-11-22-23(15-21)34-14-13-33-22/h6-11,15,19H,5,12-14,16-17H2,1-4H3,(H,26,30)/t19-/m0/s1. The van der Waals surface area contributed by atoms with Crippen LogP contribution < -0.4 is 19.1 Å². The van der Waals surface area contributed by atoms with E-state index in [0.29, 0.717) is 31.3 Å². The Labute approximate surface area is 207 Å². The van der Waals surface area contributed by atoms with Crippen molar-refractivity contribution in [2.24, 2.45) is 0 Å². The quantitative estimate of drug-likeness (QED) is 0.534. The molecular weight excluding hydrogens is 470 g/mol. The number of hydrogen-bond acceptors (Lipinski definition) is 6. The predicted octanol–water partition coefficient (Wildman–Crippen LogP) is 2.48. The number of sulfonamides is 1. The third kappa shape index (κ3) is 6.88. The topological polar surface area (TPSA) is 105 Å². The van der Waals surface area contributed by atoms with Crippen molar-refractivity contribution < 1.29 is 27.5 Å². The van der Waals surface area contributed by atoms with Crippen LogP contribution in [0, 0.1) is 6.92 Å². The van der Waals surface area contributed by atoms with E-state index < -0.39 is 28.5 Å². The molecular formula is C25H33N3O6S. The fraction of sp³-hybridized carbons (Fsp3) is 0.440. The van der Waals surface area contributed by atoms with Crippen LogP contribution in [0.5, 0.6) is 11.5 Å². The van der Waals surface area contributed by atoms with Gasteiger partial charge in [0.2, 0.25) is 21.8 Å². The maximum absolute atomic E-state index is 13.5. The van der Waals surface area contributed by atoms with Crippen molar-refractivity contribution in [3.8, 4) is 11.5 Å². The molecule has 2 amide bonds. The maximum Gasteiger partial charge on any atom is 0.244 e. The number of aryl methyl sites for hydroxylation is 1. The molecule has 1 N–H and O–H groups in total. The minimum absolute atomic E-state index is 0.165. The molecule has 1 atom stereocenters. The van der Waals surface area contributed by atoms with Crippen molar-refractivity contribution in [2.75, 3.05) is 36.9 Å². The maximum atomic E-state index is 13.5. The number of hydrogen-bond donors (Lipinski definition) is 1. The molecule has 0 fully saturated rings. The largest absolute Gasteiger partial charge is 0.486 e. The third-order valence-electron chi connectivity index (χ3n) is 5.68. The predicted molar refractivity (Wildman–Crippen MR) is 134 cm³/mol. The van der Waals surface area contributed by atoms with Crippen LogP contribution in [-0.4, -0.2) is 63.7 Å². The van der Waals surface area contributed by atoms with E-state index in [1.165, 1.54) is 4.90 Å². The van der Waals surface area contributed by atoms with Gasteiger partial charge in [0.25, 0.3) is 0 Å². The summed E-state index contributed by atoms with van der Waals surface area (Å²) in [6.45, 7) is 6.50. The number of amides is 2. The molecule has 35 heavy (non-hydrogen) atoms. The van der Waals surface area contributed by atoms with Gasteiger partial charge in [0.15, 0.2) is 11.5 Å². The SMILES string of the molecule is CCCNC(=O)[C@H](C)N(Cc1ccc(C)cc1)C(=O)CN(c1ccc2c(c1)OCCO2)S(C)(=O)=O. The summed E-state index contributed by atoms with van der Waals surface area (Å²) in [7, 11) is -3.82. The van der Waals surface area contributed by atoms with Gasteiger partial charge in [-0.2, -0.15) is 0 Å². The van der Waals surface area contributed by atoms with Crippen LogP contribution in [-0.2, 0) is 26.2 Å². The Bertz CT molecular complexity index is 1150. The summed E-state index contributed by atoms with van der Waals surface area (Å²) < 4.78 is 37.5. The lowest BCUT2D eigenvalue weighted by Crippen LogP contribution is -2.51. The van der Waals surface area contributed by atoms with Crippen molar-refractivity contribution in [1.82, 2.24) is 10.2 Å². The van der Waals surface area contributed by atoms with Crippen molar-refractivity contribution in [3.63, 3.8) is 0 Å². The van der Waals surface area contributed by atoms with Gasteiger partial charge in [-0.25, -0.2) is 8.42 Å². The summed E-state index contributed by atoms with van der Waals surface area (Å²) >= 11 is 0. The lowest BCUT2D eigenvalue weighted by molar-refractivity contribution is -0.139. The molecule has 1 heterocycles. The highest BCUT2D eigenvalue weighted by atomic mass is 32.2. The van der Waals surface area contributed by atoms with Crippen LogP contribution in [0.3, 0.4) is 0 Å². The van der Waals surface area contributed by atoms with Crippen LogP contribution in [0.2, 0.25) is 0 Å². The molecule has 1 aliphatic rings. The molecule has 0 unspecified atom stereocenters. The molecule has 0 aliphatic carbocycles. The van der Waals surface area contributed by atoms with E-state index in [1.54, 1.807) is 25.1 Å². The van der Waals surface area contributed by atoms with E-state index in [9.17, 15) is 18.0 Å². The Morgan fingerprint density at radius 3 is 2.34 bits per heavy atom. The Balaban J connectivity index is 1.90. The fourth-order valence-corrected chi connectivity index (χ4v) is 4.51. The molecule has 0 saturated carbocycles. The normalized spacial score (nSPS) is 13.6. The molecule has 1 aliphatic heterocycles. The number of benzene rings is 2. The first kappa shape index (κ1) is 26.3. The van der Waals surface area contributed by atoms with E-state index in [1.807, 2.05) is 38.1 Å². The number of carbonyl (C=O) groups is 2. The Kier molecular flexibility index (Phi) is 8.61. The second-order valence-corrected chi connectivity index (χ2v) is 10.5. The summed E-state index contributed by atoms with van der Waals surface area (Å²) in [5, 5.41) is 2.82. The molecule has 0 bridgehead atoms. The van der Waals surface area contributed by atoms with Crippen molar-refractivity contribution >= 4 is 27.5 Å². The second-order valence-electron chi connectivity index (χ2n) is 8.57. The number of rotatable bonds is 10. The second kappa shape index (κ2) is 11.4. The molecule has 190 valence electrons. The molecule has 0 saturated heterocycles. The van der Waals surface area contributed by atoms with E-state index in [-0.39, 0.29) is 18.1 Å². The van der Waals surface area contributed by atoms with Gasteiger partial charge in [0.05, 0.1) is 11.9 Å². The lowest BCUT2D eigenvalue weighted by atomic mass is 10.1. The Morgan fingerprint density at radius 1 is 1.06 bits per heavy atom. The highest BCUT2D eigenvalue weighted by molar-refractivity contribution is 7.92. The number of nitrogens with zero attached hydrogens (tertiary/aromatic N) is 2. The first-order valence-corrected chi connectivity index (χ1v) is 13.4. The lowest BCUT2D eigenvalue weighted by Gasteiger charge is -2.31. The monoisotopic (exact) mass is 503 g/mol. The average molecular weight is 504 g/mol. The zero-order valence-corrected chi connectivity index (χ0v) is 21.4. The van der Waals surface area contributed by atoms with Gasteiger partial charge in [-0.3, -0.25) is 13.9 Å². The summed E-state index contributed by atoms with van der Waals surface area (Å²) in [6.07, 6.45) is 1.80. The van der Waals surface area contributed by atoms with Crippen LogP contribution >= 0.6 is 0 Å². The highest BCUT2D eigenvalue weighted by Crippen LogP contribution is 2.34. The van der Waals surface area contributed by atoms with Gasteiger partial charge >= 0.3 is 0 Å². The zero-order valence-electron chi connectivity index (χ0n) is 20.6. The fourth-order valence-electron chi connectivity index (χ4n) is 3.67. The Hall–Kier alpha value is -3.27. The molecule has 2 aromatic rings. The summed E-state index contributed by atoms with van der Waals surface area (Å²) in [4.78, 5) is 27.7. The molecule has 2 aromatic carbocycles. The summed E-state index contributed by atoms with van der Waals surface area (Å²) in [5.41, 5.74) is 2.19. The smallest absolute Gasteiger partial charge is 0.244 e. The highest BCUT2D eigenvalue weighted by Gasteiger charge is 2.30. The van der Waals surface area contributed by atoms with Crippen LogP contribution in [0.15, 0.2) is 42.5 Å². The molecule has 10 heteroatoms. The first-order chi connectivity index (χ1) is 16.6. The first-order valence-electron chi connectivity index (χ1n) is 11.6. The number of carbonyl (C=O) groups excluding carboxylic acids is 2. The van der Waals surface area contributed by atoms with E-state index in [0.717, 1.165) is 28.1 Å². The van der Waals surface area contributed by atoms with Gasteiger partial charge < -0.3 is 19.7 Å². The van der Waals surface area contributed by atoms with Gasteiger partial charge in [0.1, 0.15) is 25.8 Å². The number of fused-ring (bicyclic) bond motifs is 1. The number of anilines is 1. The molecule has 0 aromatic heterocycles. The molecule has 9 nitrogen and oxygen atoms in total. The van der Waals surface area contributed by atoms with Crippen LogP contribution in [0.4, 0.5) is 5.69 Å². The van der Waals surface area contributed by atoms with Gasteiger partial charge in [0, 0.05) is 19.2 Å². The third-order valence-corrected chi connectivity index (χ3v) is 6.82. The van der Waals surface area contributed by atoms with E-state index in [2.05, 4.69) is 5.32 Å². The van der Waals surface area contributed by atoms with Crippen LogP contribution in [0.1, 0.15) is 31.4 Å². The van der Waals surface area contributed by atoms with E-state index >= 15 is 0 Å². The van der Waals surface area contributed by atoms with E-state index in [4.69, 9.17) is 9.47 Å². The zero-order chi connectivity index (χ0) is 25.6. The van der Waals surface area contributed by atoms with Gasteiger partial charge in [-0.05, 0) is 38.0 Å². The Morgan fingerprint density at radius 2 is 1.71 bits per heavy atom. The summed E-state index contributed by atoms with van der Waals surface area (Å²) in [5.74, 6) is 0.142. The number of ether oxygens (including phenoxy) is 2. The van der Waals surface area contributed by atoms with Gasteiger partial charge in [-0.1, -0.05) is 36.8 Å². The van der Waals surface area contributed by atoms with Gasteiger partial charge in [-0.15, -0.1) is 0 Å². The number of nitrogens with one attached hydrogen (secondary N) is 1. The minimum Gasteiger partial charge on any atom is -0.486 e. The molecule has 0 radical (unpaired) electrons. The van der Waals surface area contributed by atoms with Crippen molar-refractivity contribution in [1.29, 1.82) is 0 Å². The minimum atomic E-state index is -3.82. The molecule has 3 rings (SSSR count). The van der Waals surface area contributed by atoms with Crippen molar-refractivity contribution in [3.05, 3.63) is 53.6 Å². The summed E-state index contributed by atoms with van der Waals surface area (Å²) in [6, 6.07) is 11.6. The van der Waals surface area contributed by atoms with Crippen molar-refractivity contribution in [2.45, 2.75) is 39.8 Å². The molecule has 0 spiro atoms. The average Bonchev–Trinajstić information content (AvgIpc) is 2.83.